The lowest BCUT2D eigenvalue weighted by molar-refractivity contribution is 0.387. The Kier molecular flexibility index (Phi) is 4.38. The fourth-order valence-electron chi connectivity index (χ4n) is 2.13. The zero-order valence-corrected chi connectivity index (χ0v) is 12.8. The summed E-state index contributed by atoms with van der Waals surface area (Å²) in [6, 6.07) is 2.40. The second kappa shape index (κ2) is 5.90. The van der Waals surface area contributed by atoms with Gasteiger partial charge in [0.05, 0.1) is 4.90 Å². The van der Waals surface area contributed by atoms with Crippen molar-refractivity contribution in [3.05, 3.63) is 40.8 Å². The van der Waals surface area contributed by atoms with Gasteiger partial charge in [0.25, 0.3) is 0 Å². The summed E-state index contributed by atoms with van der Waals surface area (Å²) in [6.07, 6.45) is 0.315. The third kappa shape index (κ3) is 3.64. The van der Waals surface area contributed by atoms with E-state index in [9.17, 15) is 12.8 Å². The molecule has 1 N–H and O–H groups in total. The minimum atomic E-state index is -3.70. The van der Waals surface area contributed by atoms with Crippen LogP contribution in [0.25, 0.3) is 0 Å². The molecule has 21 heavy (non-hydrogen) atoms. The second-order valence-electron chi connectivity index (χ2n) is 4.75. The van der Waals surface area contributed by atoms with Crippen molar-refractivity contribution in [2.75, 3.05) is 6.54 Å². The van der Waals surface area contributed by atoms with Gasteiger partial charge in [0.15, 0.2) is 5.82 Å². The first-order chi connectivity index (χ1) is 9.79. The molecule has 2 rings (SSSR count). The quantitative estimate of drug-likeness (QED) is 0.907. The highest BCUT2D eigenvalue weighted by Crippen LogP contribution is 2.21. The summed E-state index contributed by atoms with van der Waals surface area (Å²) >= 11 is 0. The Morgan fingerprint density at radius 3 is 2.38 bits per heavy atom. The monoisotopic (exact) mass is 313 g/mol. The van der Waals surface area contributed by atoms with Crippen LogP contribution < -0.4 is 4.72 Å². The Balaban J connectivity index is 2.12. The predicted octanol–water partition coefficient (Wildman–Crippen LogP) is 1.65. The van der Waals surface area contributed by atoms with E-state index in [-0.39, 0.29) is 11.4 Å². The summed E-state index contributed by atoms with van der Waals surface area (Å²) in [6.45, 7) is 4.92. The Bertz CT molecular complexity index is 733. The zero-order valence-electron chi connectivity index (χ0n) is 12.0. The largest absolute Gasteiger partial charge is 0.340 e. The van der Waals surface area contributed by atoms with Crippen LogP contribution in [0.15, 0.2) is 21.6 Å². The molecular formula is C13H16FN3O3S. The highest BCUT2D eigenvalue weighted by molar-refractivity contribution is 7.89. The van der Waals surface area contributed by atoms with Crippen LogP contribution in [0, 0.1) is 26.6 Å². The van der Waals surface area contributed by atoms with E-state index in [0.29, 0.717) is 29.3 Å². The summed E-state index contributed by atoms with van der Waals surface area (Å²) < 4.78 is 45.1. The number of aromatic nitrogens is 2. The van der Waals surface area contributed by atoms with Crippen molar-refractivity contribution < 1.29 is 17.3 Å². The molecule has 2 aromatic rings. The minimum absolute atomic E-state index is 0.105. The Morgan fingerprint density at radius 1 is 1.24 bits per heavy atom. The van der Waals surface area contributed by atoms with E-state index >= 15 is 0 Å². The van der Waals surface area contributed by atoms with Crippen molar-refractivity contribution in [2.24, 2.45) is 0 Å². The molecule has 0 atom stereocenters. The molecule has 0 aliphatic rings. The third-order valence-corrected chi connectivity index (χ3v) is 4.67. The van der Waals surface area contributed by atoms with Crippen LogP contribution in [0.2, 0.25) is 0 Å². The summed E-state index contributed by atoms with van der Waals surface area (Å²) in [5.41, 5.74) is 0.741. The first-order valence-corrected chi connectivity index (χ1v) is 7.83. The van der Waals surface area contributed by atoms with Gasteiger partial charge in [0.2, 0.25) is 15.9 Å². The van der Waals surface area contributed by atoms with Gasteiger partial charge in [0, 0.05) is 19.9 Å². The van der Waals surface area contributed by atoms with Gasteiger partial charge < -0.3 is 4.52 Å². The average Bonchev–Trinajstić information content (AvgIpc) is 2.72. The van der Waals surface area contributed by atoms with Crippen LogP contribution in [0.3, 0.4) is 0 Å². The van der Waals surface area contributed by atoms with Crippen molar-refractivity contribution in [1.29, 1.82) is 0 Å². The molecule has 0 spiro atoms. The van der Waals surface area contributed by atoms with Crippen LogP contribution in [0.1, 0.15) is 22.8 Å². The van der Waals surface area contributed by atoms with Crippen LogP contribution >= 0.6 is 0 Å². The number of rotatable bonds is 5. The maximum Gasteiger partial charge on any atom is 0.241 e. The molecule has 0 saturated heterocycles. The van der Waals surface area contributed by atoms with Crippen molar-refractivity contribution in [3.63, 3.8) is 0 Å². The number of benzene rings is 1. The molecule has 0 aliphatic carbocycles. The van der Waals surface area contributed by atoms with Gasteiger partial charge in [-0.1, -0.05) is 5.16 Å². The summed E-state index contributed by atoms with van der Waals surface area (Å²) in [5.74, 6) is 0.409. The number of nitrogens with one attached hydrogen (secondary N) is 1. The number of sulfonamides is 1. The molecule has 0 amide bonds. The molecule has 0 aliphatic heterocycles. The van der Waals surface area contributed by atoms with Gasteiger partial charge >= 0.3 is 0 Å². The second-order valence-corrected chi connectivity index (χ2v) is 6.45. The molecule has 1 aromatic carbocycles. The van der Waals surface area contributed by atoms with Crippen molar-refractivity contribution in [1.82, 2.24) is 14.9 Å². The SMILES string of the molecule is Cc1nc(CCNS(=O)(=O)c2c(C)cc(F)cc2C)no1. The first-order valence-electron chi connectivity index (χ1n) is 6.35. The summed E-state index contributed by atoms with van der Waals surface area (Å²) in [4.78, 5) is 4.09. The van der Waals surface area contributed by atoms with Crippen LogP contribution in [0.5, 0.6) is 0 Å². The first kappa shape index (κ1) is 15.6. The molecule has 114 valence electrons. The van der Waals surface area contributed by atoms with E-state index < -0.39 is 15.8 Å². The minimum Gasteiger partial charge on any atom is -0.340 e. The molecular weight excluding hydrogens is 297 g/mol. The Labute approximate surface area is 122 Å². The van der Waals surface area contributed by atoms with Crippen LogP contribution in [0.4, 0.5) is 4.39 Å². The molecule has 0 fully saturated rings. The highest BCUT2D eigenvalue weighted by Gasteiger charge is 2.20. The van der Waals surface area contributed by atoms with E-state index in [2.05, 4.69) is 14.9 Å². The molecule has 0 radical (unpaired) electrons. The molecule has 6 nitrogen and oxygen atoms in total. The number of nitrogens with zero attached hydrogens (tertiary/aromatic N) is 2. The van der Waals surface area contributed by atoms with E-state index in [1.807, 2.05) is 0 Å². The number of halogens is 1. The maximum atomic E-state index is 13.2. The topological polar surface area (TPSA) is 85.1 Å². The van der Waals surface area contributed by atoms with Crippen molar-refractivity contribution in [3.8, 4) is 0 Å². The van der Waals surface area contributed by atoms with Crippen molar-refractivity contribution >= 4 is 10.0 Å². The van der Waals surface area contributed by atoms with Gasteiger partial charge in [-0.25, -0.2) is 17.5 Å². The normalized spacial score (nSPS) is 11.8. The number of hydrogen-bond donors (Lipinski definition) is 1. The van der Waals surface area contributed by atoms with E-state index in [0.717, 1.165) is 0 Å². The Hall–Kier alpha value is -1.80. The highest BCUT2D eigenvalue weighted by atomic mass is 32.2. The number of aryl methyl sites for hydroxylation is 3. The molecule has 0 saturated carbocycles. The van der Waals surface area contributed by atoms with E-state index in [4.69, 9.17) is 4.52 Å². The van der Waals surface area contributed by atoms with Gasteiger partial charge in [-0.2, -0.15) is 4.98 Å². The fraction of sp³-hybridized carbons (Fsp3) is 0.385. The zero-order chi connectivity index (χ0) is 15.6. The third-order valence-electron chi connectivity index (χ3n) is 2.90. The van der Waals surface area contributed by atoms with Crippen LogP contribution in [-0.4, -0.2) is 25.1 Å². The Morgan fingerprint density at radius 2 is 1.86 bits per heavy atom. The standard InChI is InChI=1S/C13H16FN3O3S/c1-8-6-11(14)7-9(2)13(8)21(18,19)15-5-4-12-16-10(3)20-17-12/h6-7,15H,4-5H2,1-3H3. The van der Waals surface area contributed by atoms with Gasteiger partial charge in [-0.05, 0) is 37.1 Å². The van der Waals surface area contributed by atoms with Gasteiger partial charge in [0.1, 0.15) is 5.82 Å². The molecule has 1 heterocycles. The molecule has 8 heteroatoms. The maximum absolute atomic E-state index is 13.2. The van der Waals surface area contributed by atoms with Gasteiger partial charge in [-0.3, -0.25) is 0 Å². The fourth-order valence-corrected chi connectivity index (χ4v) is 3.61. The molecule has 0 unspecified atom stereocenters. The smallest absolute Gasteiger partial charge is 0.241 e. The molecule has 1 aromatic heterocycles. The summed E-state index contributed by atoms with van der Waals surface area (Å²) in [7, 11) is -3.70. The lowest BCUT2D eigenvalue weighted by atomic mass is 10.1. The number of hydrogen-bond acceptors (Lipinski definition) is 5. The average molecular weight is 313 g/mol. The lowest BCUT2D eigenvalue weighted by Crippen LogP contribution is -2.27. The van der Waals surface area contributed by atoms with Crippen LogP contribution in [-0.2, 0) is 16.4 Å². The van der Waals surface area contributed by atoms with Crippen molar-refractivity contribution in [2.45, 2.75) is 32.1 Å². The van der Waals surface area contributed by atoms with Gasteiger partial charge in [-0.15, -0.1) is 0 Å². The van der Waals surface area contributed by atoms with E-state index in [1.165, 1.54) is 12.1 Å². The molecule has 0 bridgehead atoms. The lowest BCUT2D eigenvalue weighted by Gasteiger charge is -2.11. The van der Waals surface area contributed by atoms with E-state index in [1.54, 1.807) is 20.8 Å². The summed E-state index contributed by atoms with van der Waals surface area (Å²) in [5, 5.41) is 3.68. The predicted molar refractivity (Wildman–Crippen MR) is 73.8 cm³/mol.